The second kappa shape index (κ2) is 9.68. The van der Waals surface area contributed by atoms with E-state index in [1.165, 1.54) is 4.90 Å². The van der Waals surface area contributed by atoms with Gasteiger partial charge in [0.2, 0.25) is 11.8 Å². The lowest BCUT2D eigenvalue weighted by atomic mass is 10.1. The van der Waals surface area contributed by atoms with Crippen LogP contribution in [0.4, 0.5) is 0 Å². The number of benzene rings is 2. The molecule has 0 aliphatic carbocycles. The highest BCUT2D eigenvalue weighted by molar-refractivity contribution is 5.85. The molecule has 0 spiro atoms. The van der Waals surface area contributed by atoms with Crippen molar-refractivity contribution in [3.8, 4) is 17.2 Å². The minimum atomic E-state index is -0.938. The Morgan fingerprint density at radius 1 is 1.19 bits per heavy atom. The van der Waals surface area contributed by atoms with Crippen LogP contribution in [0.15, 0.2) is 59.0 Å². The van der Waals surface area contributed by atoms with Gasteiger partial charge in [0.1, 0.15) is 17.6 Å². The van der Waals surface area contributed by atoms with Crippen molar-refractivity contribution in [3.05, 3.63) is 71.6 Å². The third-order valence-electron chi connectivity index (χ3n) is 5.63. The number of rotatable bonds is 8. The van der Waals surface area contributed by atoms with Crippen LogP contribution in [0.2, 0.25) is 0 Å². The average molecular weight is 434 g/mol. The molecule has 1 aromatic heterocycles. The Bertz CT molecular complexity index is 1090. The maximum absolute atomic E-state index is 12.6. The van der Waals surface area contributed by atoms with E-state index in [1.54, 1.807) is 0 Å². The summed E-state index contributed by atoms with van der Waals surface area (Å²) in [6, 6.07) is 16.4. The number of amides is 1. The van der Waals surface area contributed by atoms with Crippen LogP contribution in [0.25, 0.3) is 11.5 Å². The molecule has 7 nitrogen and oxygen atoms in total. The average Bonchev–Trinajstić information content (AvgIpc) is 3.42. The predicted octanol–water partition coefficient (Wildman–Crippen LogP) is 3.89. The number of aromatic nitrogens is 1. The second-order valence-corrected chi connectivity index (χ2v) is 7.89. The first-order valence-corrected chi connectivity index (χ1v) is 10.8. The molecular weight excluding hydrogens is 408 g/mol. The summed E-state index contributed by atoms with van der Waals surface area (Å²) < 4.78 is 11.7. The monoisotopic (exact) mass is 434 g/mol. The number of likely N-dealkylation sites (tertiary alicyclic amines) is 1. The minimum Gasteiger partial charge on any atom is -0.493 e. The maximum Gasteiger partial charge on any atom is 0.326 e. The van der Waals surface area contributed by atoms with Gasteiger partial charge >= 0.3 is 5.97 Å². The first-order chi connectivity index (χ1) is 15.5. The van der Waals surface area contributed by atoms with E-state index >= 15 is 0 Å². The second-order valence-electron chi connectivity index (χ2n) is 7.89. The zero-order valence-electron chi connectivity index (χ0n) is 18.0. The molecule has 1 amide bonds. The standard InChI is InChI=1S/C25H26N2O5/c1-17-21(26-24(32-17)19-8-3-2-4-9-19)12-14-31-20-10-5-7-18(15-20)16-23(28)27-13-6-11-22(27)25(29)30/h2-5,7-10,15,22H,6,11-14,16H2,1H3,(H,29,30)/t22-/m1/s1. The van der Waals surface area contributed by atoms with Crippen LogP contribution < -0.4 is 4.74 Å². The number of nitrogens with zero attached hydrogens (tertiary/aromatic N) is 2. The first-order valence-electron chi connectivity index (χ1n) is 10.8. The Labute approximate surface area is 186 Å². The molecule has 0 unspecified atom stereocenters. The number of carboxylic acid groups (broad SMARTS) is 1. The Morgan fingerprint density at radius 3 is 2.78 bits per heavy atom. The van der Waals surface area contributed by atoms with Crippen LogP contribution >= 0.6 is 0 Å². The molecule has 0 saturated carbocycles. The highest BCUT2D eigenvalue weighted by Gasteiger charge is 2.33. The molecule has 1 atom stereocenters. The third-order valence-corrected chi connectivity index (χ3v) is 5.63. The van der Waals surface area contributed by atoms with E-state index in [4.69, 9.17) is 9.15 Å². The Kier molecular flexibility index (Phi) is 6.54. The molecule has 2 heterocycles. The molecule has 1 aliphatic rings. The van der Waals surface area contributed by atoms with Crippen LogP contribution in [-0.4, -0.2) is 46.1 Å². The first kappa shape index (κ1) is 21.6. The van der Waals surface area contributed by atoms with Crippen molar-refractivity contribution in [1.82, 2.24) is 9.88 Å². The van der Waals surface area contributed by atoms with Gasteiger partial charge < -0.3 is 19.2 Å². The smallest absolute Gasteiger partial charge is 0.326 e. The van der Waals surface area contributed by atoms with Gasteiger partial charge in [-0.25, -0.2) is 9.78 Å². The molecule has 2 aromatic carbocycles. The third kappa shape index (κ3) is 4.99. The fourth-order valence-corrected chi connectivity index (χ4v) is 3.97. The molecule has 1 fully saturated rings. The van der Waals surface area contributed by atoms with E-state index < -0.39 is 12.0 Å². The van der Waals surface area contributed by atoms with E-state index in [-0.39, 0.29) is 12.3 Å². The van der Waals surface area contributed by atoms with Crippen molar-refractivity contribution in [2.75, 3.05) is 13.2 Å². The minimum absolute atomic E-state index is 0.157. The zero-order chi connectivity index (χ0) is 22.5. The largest absolute Gasteiger partial charge is 0.493 e. The quantitative estimate of drug-likeness (QED) is 0.578. The molecule has 0 bridgehead atoms. The lowest BCUT2D eigenvalue weighted by molar-refractivity contribution is -0.148. The number of carbonyl (C=O) groups excluding carboxylic acids is 1. The normalized spacial score (nSPS) is 15.7. The van der Waals surface area contributed by atoms with E-state index in [2.05, 4.69) is 4.98 Å². The molecule has 0 radical (unpaired) electrons. The summed E-state index contributed by atoms with van der Waals surface area (Å²) in [5, 5.41) is 9.29. The van der Waals surface area contributed by atoms with E-state index in [0.717, 1.165) is 29.0 Å². The van der Waals surface area contributed by atoms with Crippen LogP contribution in [-0.2, 0) is 22.4 Å². The van der Waals surface area contributed by atoms with Gasteiger partial charge in [-0.05, 0) is 49.6 Å². The number of carboxylic acids is 1. The fraction of sp³-hybridized carbons (Fsp3) is 0.320. The van der Waals surface area contributed by atoms with E-state index in [0.29, 0.717) is 37.6 Å². The SMILES string of the molecule is Cc1oc(-c2ccccc2)nc1CCOc1cccc(CC(=O)N2CCC[C@@H]2C(=O)O)c1. The summed E-state index contributed by atoms with van der Waals surface area (Å²) in [5.41, 5.74) is 2.58. The topological polar surface area (TPSA) is 92.9 Å². The highest BCUT2D eigenvalue weighted by Crippen LogP contribution is 2.23. The molecule has 1 saturated heterocycles. The van der Waals surface area contributed by atoms with Gasteiger partial charge in [-0.1, -0.05) is 30.3 Å². The van der Waals surface area contributed by atoms with Crippen LogP contribution in [0.1, 0.15) is 29.9 Å². The number of oxazole rings is 1. The summed E-state index contributed by atoms with van der Waals surface area (Å²) in [6.07, 6.45) is 1.99. The van der Waals surface area contributed by atoms with Crippen molar-refractivity contribution in [2.45, 2.75) is 38.6 Å². The van der Waals surface area contributed by atoms with Crippen LogP contribution in [0.5, 0.6) is 5.75 Å². The molecule has 166 valence electrons. The summed E-state index contributed by atoms with van der Waals surface area (Å²) in [4.78, 5) is 30.0. The molecule has 1 N–H and O–H groups in total. The van der Waals surface area contributed by atoms with Crippen LogP contribution in [0, 0.1) is 6.92 Å². The number of hydrogen-bond donors (Lipinski definition) is 1. The number of hydrogen-bond acceptors (Lipinski definition) is 5. The number of aryl methyl sites for hydroxylation is 1. The van der Waals surface area contributed by atoms with Crippen molar-refractivity contribution in [2.24, 2.45) is 0 Å². The summed E-state index contributed by atoms with van der Waals surface area (Å²) in [5.74, 6) is 0.923. The Hall–Kier alpha value is -3.61. The van der Waals surface area contributed by atoms with Gasteiger partial charge in [-0.3, -0.25) is 4.79 Å². The Balaban J connectivity index is 1.33. The highest BCUT2D eigenvalue weighted by atomic mass is 16.5. The molecule has 32 heavy (non-hydrogen) atoms. The lowest BCUT2D eigenvalue weighted by Gasteiger charge is -2.21. The Morgan fingerprint density at radius 2 is 2.00 bits per heavy atom. The summed E-state index contributed by atoms with van der Waals surface area (Å²) >= 11 is 0. The van der Waals surface area contributed by atoms with Gasteiger partial charge in [-0.2, -0.15) is 0 Å². The summed E-state index contributed by atoms with van der Waals surface area (Å²) in [7, 11) is 0. The van der Waals surface area contributed by atoms with Gasteiger partial charge in [-0.15, -0.1) is 0 Å². The molecule has 7 heteroatoms. The molecular formula is C25H26N2O5. The van der Waals surface area contributed by atoms with Crippen LogP contribution in [0.3, 0.4) is 0 Å². The molecule has 1 aliphatic heterocycles. The number of ether oxygens (including phenoxy) is 1. The number of aliphatic carboxylic acids is 1. The summed E-state index contributed by atoms with van der Waals surface area (Å²) in [6.45, 7) is 2.81. The van der Waals surface area contributed by atoms with Crippen molar-refractivity contribution >= 4 is 11.9 Å². The molecule has 3 aromatic rings. The predicted molar refractivity (Wildman–Crippen MR) is 118 cm³/mol. The van der Waals surface area contributed by atoms with Gasteiger partial charge in [0.15, 0.2) is 0 Å². The van der Waals surface area contributed by atoms with Gasteiger partial charge in [0.05, 0.1) is 18.7 Å². The van der Waals surface area contributed by atoms with Crippen molar-refractivity contribution < 1.29 is 23.8 Å². The van der Waals surface area contributed by atoms with Crippen molar-refractivity contribution in [1.29, 1.82) is 0 Å². The molecule has 4 rings (SSSR count). The van der Waals surface area contributed by atoms with E-state index in [9.17, 15) is 14.7 Å². The fourth-order valence-electron chi connectivity index (χ4n) is 3.97. The van der Waals surface area contributed by atoms with Gasteiger partial charge in [0, 0.05) is 18.5 Å². The van der Waals surface area contributed by atoms with E-state index in [1.807, 2.05) is 61.5 Å². The van der Waals surface area contributed by atoms with Gasteiger partial charge in [0.25, 0.3) is 0 Å². The number of carbonyl (C=O) groups is 2. The lowest BCUT2D eigenvalue weighted by Crippen LogP contribution is -2.41. The van der Waals surface area contributed by atoms with Crippen molar-refractivity contribution in [3.63, 3.8) is 0 Å². The zero-order valence-corrected chi connectivity index (χ0v) is 18.0. The maximum atomic E-state index is 12.6.